The van der Waals surface area contributed by atoms with Gasteiger partial charge in [0.05, 0.1) is 18.3 Å². The molecule has 0 radical (unpaired) electrons. The Balaban J connectivity index is 1.81. The zero-order valence-electron chi connectivity index (χ0n) is 13.5. The standard InChI is InChI=1S/C18H27NO2/c1-18(2,20-3)17-11-16-14(12-19-9-4-5-10-19)7-6-8-15(16)13-21-17/h6-8,17H,4-5,9-13H2,1-3H3. The van der Waals surface area contributed by atoms with E-state index in [9.17, 15) is 0 Å². The molecule has 0 amide bonds. The predicted octanol–water partition coefficient (Wildman–Crippen LogP) is 3.15. The summed E-state index contributed by atoms with van der Waals surface area (Å²) in [5, 5.41) is 0. The highest BCUT2D eigenvalue weighted by atomic mass is 16.5. The van der Waals surface area contributed by atoms with Crippen LogP contribution in [-0.2, 0) is 29.0 Å². The van der Waals surface area contributed by atoms with Crippen molar-refractivity contribution in [2.45, 2.75) is 58.0 Å². The average Bonchev–Trinajstić information content (AvgIpc) is 3.00. The molecule has 1 saturated heterocycles. The lowest BCUT2D eigenvalue weighted by Gasteiger charge is -2.37. The molecule has 21 heavy (non-hydrogen) atoms. The molecule has 116 valence electrons. The number of benzene rings is 1. The summed E-state index contributed by atoms with van der Waals surface area (Å²) in [7, 11) is 1.77. The van der Waals surface area contributed by atoms with Gasteiger partial charge in [-0.3, -0.25) is 4.90 Å². The Kier molecular flexibility index (Phi) is 4.34. The van der Waals surface area contributed by atoms with Gasteiger partial charge in [-0.05, 0) is 56.5 Å². The molecule has 1 fully saturated rings. The highest BCUT2D eigenvalue weighted by molar-refractivity contribution is 5.37. The molecule has 1 atom stereocenters. The van der Waals surface area contributed by atoms with Gasteiger partial charge < -0.3 is 9.47 Å². The zero-order valence-corrected chi connectivity index (χ0v) is 13.5. The maximum Gasteiger partial charge on any atom is 0.0904 e. The Morgan fingerprint density at radius 2 is 2.05 bits per heavy atom. The Morgan fingerprint density at radius 1 is 1.29 bits per heavy atom. The number of hydrogen-bond acceptors (Lipinski definition) is 3. The second-order valence-electron chi connectivity index (χ2n) is 6.85. The molecular formula is C18H27NO2. The van der Waals surface area contributed by atoms with Crippen molar-refractivity contribution in [3.05, 3.63) is 34.9 Å². The molecule has 0 bridgehead atoms. The van der Waals surface area contributed by atoms with Crippen LogP contribution in [0.3, 0.4) is 0 Å². The van der Waals surface area contributed by atoms with E-state index < -0.39 is 0 Å². The number of hydrogen-bond donors (Lipinski definition) is 0. The minimum atomic E-state index is -0.238. The molecule has 0 N–H and O–H groups in total. The van der Waals surface area contributed by atoms with E-state index >= 15 is 0 Å². The van der Waals surface area contributed by atoms with Crippen LogP contribution in [0.5, 0.6) is 0 Å². The van der Waals surface area contributed by atoms with Crippen LogP contribution in [0.15, 0.2) is 18.2 Å². The van der Waals surface area contributed by atoms with E-state index in [-0.39, 0.29) is 11.7 Å². The smallest absolute Gasteiger partial charge is 0.0904 e. The molecule has 1 aromatic rings. The quantitative estimate of drug-likeness (QED) is 0.850. The van der Waals surface area contributed by atoms with Crippen LogP contribution in [0.2, 0.25) is 0 Å². The van der Waals surface area contributed by atoms with E-state index in [1.807, 2.05) is 0 Å². The van der Waals surface area contributed by atoms with Crippen molar-refractivity contribution in [3.63, 3.8) is 0 Å². The van der Waals surface area contributed by atoms with Gasteiger partial charge in [-0.1, -0.05) is 18.2 Å². The minimum Gasteiger partial charge on any atom is -0.376 e. The molecule has 0 saturated carbocycles. The highest BCUT2D eigenvalue weighted by Gasteiger charge is 2.34. The summed E-state index contributed by atoms with van der Waals surface area (Å²) in [6.45, 7) is 8.52. The Morgan fingerprint density at radius 3 is 2.76 bits per heavy atom. The molecule has 3 nitrogen and oxygen atoms in total. The Bertz CT molecular complexity index is 492. The lowest BCUT2D eigenvalue weighted by molar-refractivity contribution is -0.120. The summed E-state index contributed by atoms with van der Waals surface area (Å²) in [5.74, 6) is 0. The second-order valence-corrected chi connectivity index (χ2v) is 6.85. The van der Waals surface area contributed by atoms with Crippen LogP contribution in [-0.4, -0.2) is 36.8 Å². The first-order chi connectivity index (χ1) is 10.1. The fraction of sp³-hybridized carbons (Fsp3) is 0.667. The first-order valence-electron chi connectivity index (χ1n) is 8.09. The third-order valence-corrected chi connectivity index (χ3v) is 5.09. The Hall–Kier alpha value is -0.900. The van der Waals surface area contributed by atoms with E-state index in [0.29, 0.717) is 6.61 Å². The Labute approximate surface area is 128 Å². The minimum absolute atomic E-state index is 0.134. The average molecular weight is 289 g/mol. The van der Waals surface area contributed by atoms with Crippen LogP contribution >= 0.6 is 0 Å². The van der Waals surface area contributed by atoms with Crippen LogP contribution in [0.25, 0.3) is 0 Å². The van der Waals surface area contributed by atoms with E-state index in [4.69, 9.17) is 9.47 Å². The van der Waals surface area contributed by atoms with Gasteiger partial charge in [0.25, 0.3) is 0 Å². The van der Waals surface area contributed by atoms with Gasteiger partial charge in [-0.25, -0.2) is 0 Å². The summed E-state index contributed by atoms with van der Waals surface area (Å²) >= 11 is 0. The van der Waals surface area contributed by atoms with Crippen molar-refractivity contribution in [1.29, 1.82) is 0 Å². The number of methoxy groups -OCH3 is 1. The lowest BCUT2D eigenvalue weighted by Crippen LogP contribution is -2.43. The first kappa shape index (κ1) is 15.0. The van der Waals surface area contributed by atoms with Crippen LogP contribution in [0.4, 0.5) is 0 Å². The van der Waals surface area contributed by atoms with Crippen molar-refractivity contribution in [3.8, 4) is 0 Å². The van der Waals surface area contributed by atoms with Crippen molar-refractivity contribution >= 4 is 0 Å². The first-order valence-corrected chi connectivity index (χ1v) is 8.09. The van der Waals surface area contributed by atoms with Crippen molar-refractivity contribution < 1.29 is 9.47 Å². The number of ether oxygens (including phenoxy) is 2. The van der Waals surface area contributed by atoms with Gasteiger partial charge in [0, 0.05) is 20.1 Å². The topological polar surface area (TPSA) is 21.7 Å². The van der Waals surface area contributed by atoms with Crippen LogP contribution in [0.1, 0.15) is 43.4 Å². The van der Waals surface area contributed by atoms with E-state index in [1.165, 1.54) is 42.6 Å². The molecule has 1 unspecified atom stereocenters. The second kappa shape index (κ2) is 6.07. The maximum atomic E-state index is 6.05. The third-order valence-electron chi connectivity index (χ3n) is 5.09. The third kappa shape index (κ3) is 3.15. The molecule has 0 aromatic heterocycles. The van der Waals surface area contributed by atoms with Crippen molar-refractivity contribution in [1.82, 2.24) is 4.90 Å². The van der Waals surface area contributed by atoms with Crippen LogP contribution in [0, 0.1) is 0 Å². The maximum absolute atomic E-state index is 6.05. The molecule has 0 spiro atoms. The molecule has 0 aliphatic carbocycles. The number of rotatable bonds is 4. The molecule has 2 aliphatic rings. The zero-order chi connectivity index (χ0) is 14.9. The molecule has 3 heteroatoms. The van der Waals surface area contributed by atoms with E-state index in [0.717, 1.165) is 13.0 Å². The van der Waals surface area contributed by atoms with Gasteiger partial charge >= 0.3 is 0 Å². The van der Waals surface area contributed by atoms with Gasteiger partial charge in [-0.15, -0.1) is 0 Å². The molecule has 1 aromatic carbocycles. The predicted molar refractivity (Wildman–Crippen MR) is 84.3 cm³/mol. The summed E-state index contributed by atoms with van der Waals surface area (Å²) in [6, 6.07) is 6.67. The largest absolute Gasteiger partial charge is 0.376 e. The van der Waals surface area contributed by atoms with Gasteiger partial charge in [0.1, 0.15) is 0 Å². The van der Waals surface area contributed by atoms with Crippen molar-refractivity contribution in [2.24, 2.45) is 0 Å². The molecule has 2 aliphatic heterocycles. The summed E-state index contributed by atoms with van der Waals surface area (Å²) < 4.78 is 11.7. The summed E-state index contributed by atoms with van der Waals surface area (Å²) in [4.78, 5) is 2.57. The normalized spacial score (nSPS) is 23.3. The number of fused-ring (bicyclic) bond motifs is 1. The SMILES string of the molecule is COC(C)(C)C1Cc2c(cccc2CN2CCCC2)CO1. The fourth-order valence-electron chi connectivity index (χ4n) is 3.43. The molecule has 2 heterocycles. The lowest BCUT2D eigenvalue weighted by atomic mass is 9.87. The highest BCUT2D eigenvalue weighted by Crippen LogP contribution is 2.31. The fourth-order valence-corrected chi connectivity index (χ4v) is 3.43. The van der Waals surface area contributed by atoms with Crippen LogP contribution < -0.4 is 0 Å². The van der Waals surface area contributed by atoms with Gasteiger partial charge in [-0.2, -0.15) is 0 Å². The van der Waals surface area contributed by atoms with Gasteiger partial charge in [0.15, 0.2) is 0 Å². The molecule has 3 rings (SSSR count). The van der Waals surface area contributed by atoms with E-state index in [2.05, 4.69) is 36.9 Å². The molecular weight excluding hydrogens is 262 g/mol. The van der Waals surface area contributed by atoms with E-state index in [1.54, 1.807) is 7.11 Å². The summed E-state index contributed by atoms with van der Waals surface area (Å²) in [5.41, 5.74) is 4.09. The monoisotopic (exact) mass is 289 g/mol. The van der Waals surface area contributed by atoms with Crippen molar-refractivity contribution in [2.75, 3.05) is 20.2 Å². The number of nitrogens with zero attached hydrogens (tertiary/aromatic N) is 1. The number of likely N-dealkylation sites (tertiary alicyclic amines) is 1. The van der Waals surface area contributed by atoms with Gasteiger partial charge in [0.2, 0.25) is 0 Å². The summed E-state index contributed by atoms with van der Waals surface area (Å²) in [6.07, 6.45) is 3.78.